The molecule has 28 heavy (non-hydrogen) atoms. The number of carbonyl (C=O) groups excluding carboxylic acids is 1. The number of hydrogen-bond donors (Lipinski definition) is 0. The second kappa shape index (κ2) is 11.4. The summed E-state index contributed by atoms with van der Waals surface area (Å²) >= 11 is 0. The summed E-state index contributed by atoms with van der Waals surface area (Å²) in [5.41, 5.74) is 0.370. The van der Waals surface area contributed by atoms with Crippen molar-refractivity contribution < 1.29 is 44.0 Å². The quantitative estimate of drug-likeness (QED) is 0.474. The summed E-state index contributed by atoms with van der Waals surface area (Å²) < 4.78 is 22.4. The van der Waals surface area contributed by atoms with Crippen LogP contribution in [0.1, 0.15) is 39.5 Å². The molecule has 0 radical (unpaired) electrons. The Labute approximate surface area is 182 Å². The number of hydrogen-bond acceptors (Lipinski definition) is 5. The minimum atomic E-state index is -0.134. The number of benzene rings is 2. The molecular formula is C21H28LiO5P. The van der Waals surface area contributed by atoms with Crippen LogP contribution in [0, 0.1) is 0 Å². The van der Waals surface area contributed by atoms with Gasteiger partial charge in [0.25, 0.3) is 0 Å². The Morgan fingerprint density at radius 2 is 1.46 bits per heavy atom. The summed E-state index contributed by atoms with van der Waals surface area (Å²) in [4.78, 5) is 13.0. The van der Waals surface area contributed by atoms with Crippen molar-refractivity contribution in [1.82, 2.24) is 0 Å². The molecule has 0 N–H and O–H groups in total. The third-order valence-electron chi connectivity index (χ3n) is 3.59. The van der Waals surface area contributed by atoms with Crippen molar-refractivity contribution in [2.45, 2.75) is 39.9 Å². The third kappa shape index (κ3) is 6.45. The van der Waals surface area contributed by atoms with Crippen LogP contribution < -0.4 is 43.1 Å². The van der Waals surface area contributed by atoms with Crippen molar-refractivity contribution in [3.63, 3.8) is 0 Å². The second-order valence-electron chi connectivity index (χ2n) is 6.48. The van der Waals surface area contributed by atoms with Gasteiger partial charge in [0.1, 0.15) is 28.6 Å². The molecule has 0 aliphatic heterocycles. The van der Waals surface area contributed by atoms with Gasteiger partial charge in [-0.15, -0.1) is 0 Å². The zero-order valence-corrected chi connectivity index (χ0v) is 18.7. The zero-order valence-electron chi connectivity index (χ0n) is 18.7. The summed E-state index contributed by atoms with van der Waals surface area (Å²) in [7, 11) is 2.95. The fourth-order valence-corrected chi connectivity index (χ4v) is 3.60. The van der Waals surface area contributed by atoms with Gasteiger partial charge in [0.05, 0.1) is 26.4 Å². The molecule has 0 saturated carbocycles. The predicted molar refractivity (Wildman–Crippen MR) is 111 cm³/mol. The van der Waals surface area contributed by atoms with E-state index >= 15 is 0 Å². The fourth-order valence-electron chi connectivity index (χ4n) is 2.56. The molecule has 0 heterocycles. The minimum absolute atomic E-state index is 0. The van der Waals surface area contributed by atoms with Gasteiger partial charge in [-0.1, -0.05) is 6.07 Å². The van der Waals surface area contributed by atoms with Gasteiger partial charge in [-0.3, -0.25) is 4.79 Å². The monoisotopic (exact) mass is 398 g/mol. The first-order valence-electron chi connectivity index (χ1n) is 8.85. The van der Waals surface area contributed by atoms with Gasteiger partial charge in [0.15, 0.2) is 5.52 Å². The second-order valence-corrected chi connectivity index (χ2v) is 7.73. The first kappa shape index (κ1) is 24.4. The smallest absolute Gasteiger partial charge is 1.00 e. The molecule has 148 valence electrons. The molecule has 1 atom stereocenters. The van der Waals surface area contributed by atoms with E-state index in [1.807, 2.05) is 45.9 Å². The molecule has 0 saturated heterocycles. The Morgan fingerprint density at radius 3 is 1.96 bits per heavy atom. The number of rotatable bonds is 9. The molecule has 7 heteroatoms. The van der Waals surface area contributed by atoms with E-state index in [0.717, 1.165) is 11.1 Å². The van der Waals surface area contributed by atoms with Crippen LogP contribution in [0.15, 0.2) is 36.4 Å². The van der Waals surface area contributed by atoms with Crippen molar-refractivity contribution in [2.24, 2.45) is 0 Å². The normalized spacial score (nSPS) is 10.9. The van der Waals surface area contributed by atoms with E-state index in [1.165, 1.54) is 0 Å². The molecule has 0 aliphatic carbocycles. The molecule has 2 aromatic carbocycles. The van der Waals surface area contributed by atoms with E-state index in [9.17, 15) is 4.79 Å². The van der Waals surface area contributed by atoms with Crippen LogP contribution in [0.4, 0.5) is 0 Å². The largest absolute Gasteiger partial charge is 1.00 e. The van der Waals surface area contributed by atoms with Crippen LogP contribution in [0.5, 0.6) is 23.0 Å². The van der Waals surface area contributed by atoms with Gasteiger partial charge >= 0.3 is 18.9 Å². The Hall–Kier alpha value is -1.66. The van der Waals surface area contributed by atoms with Crippen LogP contribution in [-0.2, 0) is 0 Å². The van der Waals surface area contributed by atoms with Crippen LogP contribution in [0.3, 0.4) is 0 Å². The molecule has 5 nitrogen and oxygen atoms in total. The Morgan fingerprint density at radius 1 is 0.893 bits per heavy atom. The molecule has 0 aromatic heterocycles. The number of methoxy groups -OCH3 is 2. The van der Waals surface area contributed by atoms with E-state index in [2.05, 4.69) is 0 Å². The minimum Gasteiger partial charge on any atom is -1.00 e. The predicted octanol–water partition coefficient (Wildman–Crippen LogP) is 1.54. The summed E-state index contributed by atoms with van der Waals surface area (Å²) in [6, 6.07) is 10.9. The Balaban J connectivity index is 0.00000392. The summed E-state index contributed by atoms with van der Waals surface area (Å²) in [5, 5.41) is 0.817. The third-order valence-corrected chi connectivity index (χ3v) is 4.75. The van der Waals surface area contributed by atoms with Gasteiger partial charge in [-0.05, 0) is 60.5 Å². The molecular weight excluding hydrogens is 370 g/mol. The van der Waals surface area contributed by atoms with Crippen LogP contribution in [0.2, 0.25) is 0 Å². The van der Waals surface area contributed by atoms with Crippen LogP contribution in [0.25, 0.3) is 0 Å². The summed E-state index contributed by atoms with van der Waals surface area (Å²) in [6.07, 6.45) is 0.0448. The molecule has 1 unspecified atom stereocenters. The first-order valence-corrected chi connectivity index (χ1v) is 9.85. The SMILES string of the molecule is COc1cccc(OC)c1C(=O)Pc1ccc(OC(C)C)cc1OC(C)C.[H-].[Li+]. The molecule has 0 bridgehead atoms. The molecule has 0 aliphatic rings. The number of carbonyl (C=O) groups is 1. The zero-order chi connectivity index (χ0) is 20.0. The van der Waals surface area contributed by atoms with E-state index in [1.54, 1.807) is 32.4 Å². The fraction of sp³-hybridized carbons (Fsp3) is 0.381. The van der Waals surface area contributed by atoms with Gasteiger partial charge in [-0.25, -0.2) is 0 Å². The van der Waals surface area contributed by atoms with E-state index in [4.69, 9.17) is 18.9 Å². The average Bonchev–Trinajstić information content (AvgIpc) is 2.62. The van der Waals surface area contributed by atoms with Gasteiger partial charge in [0.2, 0.25) is 0 Å². The number of ether oxygens (including phenoxy) is 4. The standard InChI is InChI=1S/C21H27O5P.Li.H/c1-13(2)25-15-10-11-19(18(12-15)26-14(3)4)27-21(22)20-16(23-5)8-7-9-17(20)24-6;;/h7-14,27H,1-6H3;;/q;+1;-1. The van der Waals surface area contributed by atoms with Crippen molar-refractivity contribution in [3.8, 4) is 23.0 Å². The molecule has 0 spiro atoms. The van der Waals surface area contributed by atoms with Crippen molar-refractivity contribution in [3.05, 3.63) is 42.0 Å². The van der Waals surface area contributed by atoms with Gasteiger partial charge in [0, 0.05) is 11.4 Å². The topological polar surface area (TPSA) is 54.0 Å². The molecule has 0 amide bonds. The molecule has 0 fully saturated rings. The maximum atomic E-state index is 13.0. The van der Waals surface area contributed by atoms with Gasteiger partial charge < -0.3 is 20.4 Å². The Bertz CT molecular complexity index is 776. The Kier molecular flexibility index (Phi) is 9.89. The first-order chi connectivity index (χ1) is 12.8. The maximum absolute atomic E-state index is 13.0. The van der Waals surface area contributed by atoms with E-state index < -0.39 is 0 Å². The molecule has 2 rings (SSSR count). The maximum Gasteiger partial charge on any atom is 1.00 e. The van der Waals surface area contributed by atoms with E-state index in [-0.39, 0.29) is 46.6 Å². The average molecular weight is 398 g/mol. The van der Waals surface area contributed by atoms with Crippen LogP contribution in [-0.4, -0.2) is 32.0 Å². The van der Waals surface area contributed by atoms with Crippen molar-refractivity contribution in [1.29, 1.82) is 0 Å². The van der Waals surface area contributed by atoms with Crippen molar-refractivity contribution in [2.75, 3.05) is 14.2 Å². The van der Waals surface area contributed by atoms with E-state index in [0.29, 0.717) is 22.8 Å². The molecule has 2 aromatic rings. The summed E-state index contributed by atoms with van der Waals surface area (Å²) in [5.74, 6) is 2.37. The van der Waals surface area contributed by atoms with Gasteiger partial charge in [-0.2, -0.15) is 0 Å². The van der Waals surface area contributed by atoms with Crippen molar-refractivity contribution >= 4 is 19.4 Å². The van der Waals surface area contributed by atoms with Crippen LogP contribution >= 0.6 is 8.58 Å². The summed E-state index contributed by atoms with van der Waals surface area (Å²) in [6.45, 7) is 7.84.